The summed E-state index contributed by atoms with van der Waals surface area (Å²) in [7, 11) is 3.63. The van der Waals surface area contributed by atoms with Gasteiger partial charge in [-0.3, -0.25) is 0 Å². The first kappa shape index (κ1) is 14.0. The second kappa shape index (κ2) is 6.61. The lowest BCUT2D eigenvalue weighted by atomic mass is 10.3. The van der Waals surface area contributed by atoms with Gasteiger partial charge in [-0.15, -0.1) is 0 Å². The number of likely N-dealkylation sites (N-methyl/N-ethyl adjacent to an activating group) is 1. The molecule has 1 aromatic rings. The predicted molar refractivity (Wildman–Crippen MR) is 69.8 cm³/mol. The molecule has 17 heavy (non-hydrogen) atoms. The van der Waals surface area contributed by atoms with Gasteiger partial charge < -0.3 is 15.0 Å². The van der Waals surface area contributed by atoms with Crippen molar-refractivity contribution in [2.45, 2.75) is 19.9 Å². The minimum absolute atomic E-state index is 0.321. The predicted octanol–water partition coefficient (Wildman–Crippen LogP) is 1.89. The molecule has 0 aromatic carbocycles. The first-order valence-corrected chi connectivity index (χ1v) is 5.92. The average molecular weight is 259 g/mol. The zero-order chi connectivity index (χ0) is 12.8. The van der Waals surface area contributed by atoms with Gasteiger partial charge in [0.05, 0.1) is 7.11 Å². The van der Waals surface area contributed by atoms with Crippen LogP contribution < -0.4 is 10.1 Å². The second-order valence-corrected chi connectivity index (χ2v) is 4.41. The fourth-order valence-corrected chi connectivity index (χ4v) is 1.48. The number of nitrogens with one attached hydrogen (secondary N) is 1. The first-order chi connectivity index (χ1) is 8.06. The van der Waals surface area contributed by atoms with E-state index in [0.29, 0.717) is 22.8 Å². The molecule has 0 radical (unpaired) electrons. The van der Waals surface area contributed by atoms with E-state index in [4.69, 9.17) is 16.3 Å². The van der Waals surface area contributed by atoms with Crippen molar-refractivity contribution in [1.29, 1.82) is 0 Å². The van der Waals surface area contributed by atoms with E-state index in [1.807, 2.05) is 0 Å². The van der Waals surface area contributed by atoms with Crippen molar-refractivity contribution >= 4 is 17.4 Å². The smallest absolute Gasteiger partial charge is 0.198 e. The molecule has 0 unspecified atom stereocenters. The molecule has 0 bridgehead atoms. The van der Waals surface area contributed by atoms with Crippen LogP contribution in [0.2, 0.25) is 5.15 Å². The molecule has 0 atom stereocenters. The Balaban J connectivity index is 2.55. The lowest BCUT2D eigenvalue weighted by Gasteiger charge is -2.21. The molecular formula is C11H19ClN4O. The van der Waals surface area contributed by atoms with E-state index in [-0.39, 0.29) is 0 Å². The Kier molecular flexibility index (Phi) is 5.44. The maximum absolute atomic E-state index is 5.89. The summed E-state index contributed by atoms with van der Waals surface area (Å²) in [5.74, 6) is 1.12. The van der Waals surface area contributed by atoms with Gasteiger partial charge in [-0.2, -0.15) is 0 Å². The van der Waals surface area contributed by atoms with Gasteiger partial charge in [-0.25, -0.2) is 9.97 Å². The van der Waals surface area contributed by atoms with Crippen molar-refractivity contribution in [3.63, 3.8) is 0 Å². The number of hydrogen-bond donors (Lipinski definition) is 1. The van der Waals surface area contributed by atoms with Crippen molar-refractivity contribution in [3.8, 4) is 5.75 Å². The third kappa shape index (κ3) is 4.02. The number of aromatic nitrogens is 2. The van der Waals surface area contributed by atoms with Gasteiger partial charge in [0.25, 0.3) is 0 Å². The lowest BCUT2D eigenvalue weighted by molar-refractivity contribution is 0.284. The highest BCUT2D eigenvalue weighted by atomic mass is 35.5. The SMILES string of the molecule is COc1c(Cl)ncnc1NCCN(C)C(C)C. The van der Waals surface area contributed by atoms with Crippen LogP contribution in [0.3, 0.4) is 0 Å². The Bertz CT molecular complexity index is 359. The Labute approximate surface area is 107 Å². The summed E-state index contributed by atoms with van der Waals surface area (Å²) in [6.07, 6.45) is 1.42. The van der Waals surface area contributed by atoms with Crippen LogP contribution in [0, 0.1) is 0 Å². The van der Waals surface area contributed by atoms with E-state index >= 15 is 0 Å². The highest BCUT2D eigenvalue weighted by Crippen LogP contribution is 2.27. The third-order valence-corrected chi connectivity index (χ3v) is 2.87. The molecule has 6 heteroatoms. The molecule has 96 valence electrons. The minimum atomic E-state index is 0.321. The largest absolute Gasteiger partial charge is 0.490 e. The van der Waals surface area contributed by atoms with Crippen LogP contribution in [0.4, 0.5) is 5.82 Å². The van der Waals surface area contributed by atoms with Gasteiger partial charge in [0.2, 0.25) is 0 Å². The first-order valence-electron chi connectivity index (χ1n) is 5.54. The molecule has 5 nitrogen and oxygen atoms in total. The minimum Gasteiger partial charge on any atom is -0.490 e. The molecular weight excluding hydrogens is 240 g/mol. The zero-order valence-corrected chi connectivity index (χ0v) is 11.5. The normalized spacial score (nSPS) is 11.0. The fraction of sp³-hybridized carbons (Fsp3) is 0.636. The quantitative estimate of drug-likeness (QED) is 0.790. The van der Waals surface area contributed by atoms with Gasteiger partial charge in [0, 0.05) is 19.1 Å². The van der Waals surface area contributed by atoms with Gasteiger partial charge in [-0.1, -0.05) is 11.6 Å². The van der Waals surface area contributed by atoms with E-state index in [1.54, 1.807) is 7.11 Å². The van der Waals surface area contributed by atoms with Crippen LogP contribution in [0.1, 0.15) is 13.8 Å². The molecule has 0 aliphatic heterocycles. The standard InChI is InChI=1S/C11H19ClN4O/c1-8(2)16(3)6-5-13-11-9(17-4)10(12)14-7-15-11/h7-8H,5-6H2,1-4H3,(H,13,14,15). The van der Waals surface area contributed by atoms with Crippen LogP contribution in [-0.2, 0) is 0 Å². The number of rotatable bonds is 6. The van der Waals surface area contributed by atoms with E-state index < -0.39 is 0 Å². The molecule has 0 saturated heterocycles. The molecule has 0 saturated carbocycles. The summed E-state index contributed by atoms with van der Waals surface area (Å²) in [5.41, 5.74) is 0. The fourth-order valence-electron chi connectivity index (χ4n) is 1.27. The Morgan fingerprint density at radius 1 is 1.47 bits per heavy atom. The van der Waals surface area contributed by atoms with Gasteiger partial charge in [0.15, 0.2) is 16.7 Å². The van der Waals surface area contributed by atoms with E-state index in [0.717, 1.165) is 13.1 Å². The van der Waals surface area contributed by atoms with Gasteiger partial charge >= 0.3 is 0 Å². The molecule has 0 amide bonds. The lowest BCUT2D eigenvalue weighted by Crippen LogP contribution is -2.31. The Morgan fingerprint density at radius 2 is 2.18 bits per heavy atom. The number of ether oxygens (including phenoxy) is 1. The monoisotopic (exact) mass is 258 g/mol. The van der Waals surface area contributed by atoms with Crippen LogP contribution >= 0.6 is 11.6 Å². The highest BCUT2D eigenvalue weighted by molar-refractivity contribution is 6.31. The van der Waals surface area contributed by atoms with Crippen molar-refractivity contribution in [2.24, 2.45) is 0 Å². The highest BCUT2D eigenvalue weighted by Gasteiger charge is 2.10. The maximum Gasteiger partial charge on any atom is 0.198 e. The molecule has 1 aromatic heterocycles. The number of anilines is 1. The third-order valence-electron chi connectivity index (χ3n) is 2.60. The second-order valence-electron chi connectivity index (χ2n) is 4.05. The van der Waals surface area contributed by atoms with Crippen LogP contribution in [0.5, 0.6) is 5.75 Å². The molecule has 1 rings (SSSR count). The Hall–Kier alpha value is -1.07. The molecule has 0 aliphatic rings. The molecule has 1 heterocycles. The summed E-state index contributed by atoms with van der Waals surface area (Å²) >= 11 is 5.89. The maximum atomic E-state index is 5.89. The number of halogens is 1. The van der Waals surface area contributed by atoms with Crippen molar-refractivity contribution in [2.75, 3.05) is 32.6 Å². The molecule has 1 N–H and O–H groups in total. The molecule has 0 spiro atoms. The van der Waals surface area contributed by atoms with E-state index in [9.17, 15) is 0 Å². The Morgan fingerprint density at radius 3 is 2.76 bits per heavy atom. The average Bonchev–Trinajstić information content (AvgIpc) is 2.29. The van der Waals surface area contributed by atoms with E-state index in [2.05, 4.69) is 41.1 Å². The van der Waals surface area contributed by atoms with Crippen LogP contribution in [0.15, 0.2) is 6.33 Å². The number of nitrogens with zero attached hydrogens (tertiary/aromatic N) is 3. The summed E-state index contributed by atoms with van der Waals surface area (Å²) < 4.78 is 5.15. The van der Waals surface area contributed by atoms with Crippen molar-refractivity contribution in [3.05, 3.63) is 11.5 Å². The van der Waals surface area contributed by atoms with E-state index in [1.165, 1.54) is 6.33 Å². The zero-order valence-electron chi connectivity index (χ0n) is 10.7. The van der Waals surface area contributed by atoms with Gasteiger partial charge in [-0.05, 0) is 20.9 Å². The van der Waals surface area contributed by atoms with Crippen molar-refractivity contribution < 1.29 is 4.74 Å². The summed E-state index contributed by atoms with van der Waals surface area (Å²) in [4.78, 5) is 10.2. The van der Waals surface area contributed by atoms with Crippen LogP contribution in [0.25, 0.3) is 0 Å². The molecule has 0 fully saturated rings. The molecule has 0 aliphatic carbocycles. The van der Waals surface area contributed by atoms with Crippen molar-refractivity contribution in [1.82, 2.24) is 14.9 Å². The number of hydrogen-bond acceptors (Lipinski definition) is 5. The summed E-state index contributed by atoms with van der Waals surface area (Å²) in [5, 5.41) is 3.51. The van der Waals surface area contributed by atoms with Gasteiger partial charge in [0.1, 0.15) is 6.33 Å². The summed E-state index contributed by atoms with van der Waals surface area (Å²) in [6, 6.07) is 0.521. The topological polar surface area (TPSA) is 50.3 Å². The summed E-state index contributed by atoms with van der Waals surface area (Å²) in [6.45, 7) is 6.01. The number of methoxy groups -OCH3 is 1. The van der Waals surface area contributed by atoms with Crippen LogP contribution in [-0.4, -0.2) is 48.2 Å².